The first-order valence-corrected chi connectivity index (χ1v) is 5.38. The highest BCUT2D eigenvalue weighted by molar-refractivity contribution is 6.31. The highest BCUT2D eigenvalue weighted by Crippen LogP contribution is 2.22. The molecule has 0 unspecified atom stereocenters. The van der Waals surface area contributed by atoms with Crippen molar-refractivity contribution in [3.63, 3.8) is 0 Å². The Kier molecular flexibility index (Phi) is 3.31. The van der Waals surface area contributed by atoms with Gasteiger partial charge < -0.3 is 15.6 Å². The molecule has 0 aliphatic rings. The van der Waals surface area contributed by atoms with Crippen molar-refractivity contribution < 1.29 is 0 Å². The number of imidazole rings is 1. The van der Waals surface area contributed by atoms with Crippen molar-refractivity contribution in [3.8, 4) is 0 Å². The van der Waals surface area contributed by atoms with Gasteiger partial charge >= 0.3 is 0 Å². The predicted octanol–water partition coefficient (Wildman–Crippen LogP) is 2.23. The van der Waals surface area contributed by atoms with Gasteiger partial charge in [0.1, 0.15) is 0 Å². The lowest BCUT2D eigenvalue weighted by atomic mass is 10.2. The lowest BCUT2D eigenvalue weighted by molar-refractivity contribution is 0.727. The summed E-state index contributed by atoms with van der Waals surface area (Å²) in [5.41, 5.74) is 7.38. The van der Waals surface area contributed by atoms with Crippen molar-refractivity contribution >= 4 is 23.0 Å². The smallest absolute Gasteiger partial charge is 0.0946 e. The molecule has 4 nitrogen and oxygen atoms in total. The molecule has 16 heavy (non-hydrogen) atoms. The van der Waals surface area contributed by atoms with Gasteiger partial charge in [-0.2, -0.15) is 0 Å². The number of hydrogen-bond acceptors (Lipinski definition) is 3. The average Bonchev–Trinajstić information content (AvgIpc) is 2.76. The summed E-state index contributed by atoms with van der Waals surface area (Å²) in [6, 6.07) is 5.39. The third kappa shape index (κ3) is 2.67. The molecule has 1 aromatic heterocycles. The maximum Gasteiger partial charge on any atom is 0.0946 e. The summed E-state index contributed by atoms with van der Waals surface area (Å²) in [5, 5.41) is 3.91. The van der Waals surface area contributed by atoms with Crippen molar-refractivity contribution in [2.75, 3.05) is 17.6 Å². The number of nitrogens with two attached hydrogens (primary N) is 1. The van der Waals surface area contributed by atoms with Gasteiger partial charge in [0.15, 0.2) is 0 Å². The summed E-state index contributed by atoms with van der Waals surface area (Å²) in [7, 11) is 0. The van der Waals surface area contributed by atoms with Crippen LogP contribution >= 0.6 is 11.6 Å². The van der Waals surface area contributed by atoms with Gasteiger partial charge in [-0.15, -0.1) is 0 Å². The summed E-state index contributed by atoms with van der Waals surface area (Å²) >= 11 is 5.88. The second kappa shape index (κ2) is 4.90. The molecule has 1 aromatic carbocycles. The monoisotopic (exact) mass is 236 g/mol. The Morgan fingerprint density at radius 3 is 3.06 bits per heavy atom. The van der Waals surface area contributed by atoms with Gasteiger partial charge in [-0.1, -0.05) is 11.6 Å². The van der Waals surface area contributed by atoms with Crippen LogP contribution in [-0.2, 0) is 6.54 Å². The minimum Gasteiger partial charge on any atom is -0.397 e. The number of nitrogens with one attached hydrogen (secondary N) is 1. The molecule has 0 saturated carbocycles. The largest absolute Gasteiger partial charge is 0.397 e. The van der Waals surface area contributed by atoms with Gasteiger partial charge in [0.2, 0.25) is 0 Å². The van der Waals surface area contributed by atoms with Gasteiger partial charge in [0.25, 0.3) is 0 Å². The highest BCUT2D eigenvalue weighted by Gasteiger charge is 1.99. The van der Waals surface area contributed by atoms with E-state index in [1.807, 2.05) is 16.8 Å². The first-order chi connectivity index (χ1) is 7.75. The Balaban J connectivity index is 1.92. The molecule has 0 fully saturated rings. The lowest BCUT2D eigenvalue weighted by Crippen LogP contribution is -2.10. The Hall–Kier alpha value is -1.68. The fourth-order valence-electron chi connectivity index (χ4n) is 1.42. The van der Waals surface area contributed by atoms with Crippen molar-refractivity contribution in [1.82, 2.24) is 9.55 Å². The molecule has 0 aliphatic heterocycles. The molecule has 0 amide bonds. The standard InChI is InChI=1S/C11H13ClN4/c12-9-1-2-10(13)11(7-9)15-4-6-16-5-3-14-8-16/h1-3,5,7-8,15H,4,6,13H2. The fraction of sp³-hybridized carbons (Fsp3) is 0.182. The molecule has 5 heteroatoms. The van der Waals surface area contributed by atoms with E-state index in [-0.39, 0.29) is 0 Å². The van der Waals surface area contributed by atoms with E-state index in [2.05, 4.69) is 10.3 Å². The number of nitrogens with zero attached hydrogens (tertiary/aromatic N) is 2. The van der Waals surface area contributed by atoms with Crippen LogP contribution in [0.2, 0.25) is 5.02 Å². The topological polar surface area (TPSA) is 55.9 Å². The van der Waals surface area contributed by atoms with E-state index in [9.17, 15) is 0 Å². The van der Waals surface area contributed by atoms with Crippen LogP contribution in [-0.4, -0.2) is 16.1 Å². The number of halogens is 1. The third-order valence-corrected chi connectivity index (χ3v) is 2.50. The van der Waals surface area contributed by atoms with Crippen LogP contribution in [0.4, 0.5) is 11.4 Å². The number of hydrogen-bond donors (Lipinski definition) is 2. The molecular weight excluding hydrogens is 224 g/mol. The zero-order chi connectivity index (χ0) is 11.4. The third-order valence-electron chi connectivity index (χ3n) is 2.26. The van der Waals surface area contributed by atoms with E-state index in [4.69, 9.17) is 17.3 Å². The van der Waals surface area contributed by atoms with E-state index in [0.29, 0.717) is 10.7 Å². The zero-order valence-corrected chi connectivity index (χ0v) is 9.48. The molecule has 2 rings (SSSR count). The van der Waals surface area contributed by atoms with Crippen LogP contribution in [0.3, 0.4) is 0 Å². The molecular formula is C11H13ClN4. The molecule has 1 heterocycles. The molecule has 0 aliphatic carbocycles. The van der Waals surface area contributed by atoms with Crippen LogP contribution < -0.4 is 11.1 Å². The molecule has 0 saturated heterocycles. The molecule has 0 atom stereocenters. The van der Waals surface area contributed by atoms with Crippen LogP contribution in [0.5, 0.6) is 0 Å². The van der Waals surface area contributed by atoms with E-state index in [1.165, 1.54) is 0 Å². The van der Waals surface area contributed by atoms with Gasteiger partial charge in [0.05, 0.1) is 17.7 Å². The van der Waals surface area contributed by atoms with Gasteiger partial charge in [-0.3, -0.25) is 0 Å². The minimum absolute atomic E-state index is 0.680. The summed E-state index contributed by atoms with van der Waals surface area (Å²) in [4.78, 5) is 3.97. The molecule has 0 radical (unpaired) electrons. The van der Waals surface area contributed by atoms with Gasteiger partial charge in [-0.05, 0) is 18.2 Å². The van der Waals surface area contributed by atoms with Crippen molar-refractivity contribution in [2.24, 2.45) is 0 Å². The minimum atomic E-state index is 0.680. The summed E-state index contributed by atoms with van der Waals surface area (Å²) in [6.45, 7) is 1.62. The number of anilines is 2. The average molecular weight is 237 g/mol. The summed E-state index contributed by atoms with van der Waals surface area (Å²) in [6.07, 6.45) is 5.46. The Bertz CT molecular complexity index is 453. The van der Waals surface area contributed by atoms with Gasteiger partial charge in [-0.25, -0.2) is 4.98 Å². The van der Waals surface area contributed by atoms with Gasteiger partial charge in [0, 0.05) is 30.5 Å². The molecule has 3 N–H and O–H groups in total. The van der Waals surface area contributed by atoms with Crippen LogP contribution in [0.15, 0.2) is 36.9 Å². The molecule has 0 spiro atoms. The molecule has 84 valence electrons. The second-order valence-corrected chi connectivity index (χ2v) is 3.90. The van der Waals surface area contributed by atoms with Crippen molar-refractivity contribution in [3.05, 3.63) is 41.9 Å². The Morgan fingerprint density at radius 1 is 1.44 bits per heavy atom. The first-order valence-electron chi connectivity index (χ1n) is 5.00. The molecule has 2 aromatic rings. The summed E-state index contributed by atoms with van der Waals surface area (Å²) in [5.74, 6) is 0. The predicted molar refractivity (Wildman–Crippen MR) is 66.6 cm³/mol. The number of benzene rings is 1. The fourth-order valence-corrected chi connectivity index (χ4v) is 1.59. The Labute approximate surface area is 99.1 Å². The maximum absolute atomic E-state index is 5.88. The zero-order valence-electron chi connectivity index (χ0n) is 8.73. The van der Waals surface area contributed by atoms with E-state index >= 15 is 0 Å². The maximum atomic E-state index is 5.88. The Morgan fingerprint density at radius 2 is 2.31 bits per heavy atom. The van der Waals surface area contributed by atoms with E-state index in [1.54, 1.807) is 24.7 Å². The SMILES string of the molecule is Nc1ccc(Cl)cc1NCCn1ccnc1. The quantitative estimate of drug-likeness (QED) is 0.801. The summed E-state index contributed by atoms with van der Waals surface area (Å²) < 4.78 is 1.99. The normalized spacial score (nSPS) is 10.3. The second-order valence-electron chi connectivity index (χ2n) is 3.46. The van der Waals surface area contributed by atoms with Crippen LogP contribution in [0.25, 0.3) is 0 Å². The van der Waals surface area contributed by atoms with E-state index in [0.717, 1.165) is 18.8 Å². The van der Waals surface area contributed by atoms with Crippen LogP contribution in [0.1, 0.15) is 0 Å². The first kappa shape index (κ1) is 10.8. The van der Waals surface area contributed by atoms with E-state index < -0.39 is 0 Å². The molecule has 0 bridgehead atoms. The lowest BCUT2D eigenvalue weighted by Gasteiger charge is -2.09. The van der Waals surface area contributed by atoms with Crippen LogP contribution in [0, 0.1) is 0 Å². The van der Waals surface area contributed by atoms with Crippen molar-refractivity contribution in [2.45, 2.75) is 6.54 Å². The highest BCUT2D eigenvalue weighted by atomic mass is 35.5. The number of aromatic nitrogens is 2. The number of nitrogen functional groups attached to an aromatic ring is 1. The number of rotatable bonds is 4. The van der Waals surface area contributed by atoms with Crippen molar-refractivity contribution in [1.29, 1.82) is 0 Å².